The van der Waals surface area contributed by atoms with Gasteiger partial charge in [-0.3, -0.25) is 14.6 Å². The molecule has 2 heterocycles. The normalized spacial score (nSPS) is 14.8. The first kappa shape index (κ1) is 36.2. The summed E-state index contributed by atoms with van der Waals surface area (Å²) in [5.74, 6) is -1.37. The molecule has 1 amide bonds. The highest BCUT2D eigenvalue weighted by molar-refractivity contribution is 7.90. The molecule has 0 fully saturated rings. The number of carbonyl (C=O) groups is 2. The number of aryl methyl sites for hydroxylation is 1. The molecular formula is C35H45N5O7S. The van der Waals surface area contributed by atoms with Crippen LogP contribution in [0.25, 0.3) is 0 Å². The minimum Gasteiger partial charge on any atom is -0.487 e. The van der Waals surface area contributed by atoms with Crippen LogP contribution in [0, 0.1) is 27.7 Å². The van der Waals surface area contributed by atoms with Gasteiger partial charge in [0.25, 0.3) is 15.6 Å². The lowest BCUT2D eigenvalue weighted by Gasteiger charge is -2.35. The number of hydrogen-bond acceptors (Lipinski definition) is 7. The Kier molecular flexibility index (Phi) is 11.0. The predicted octanol–water partition coefficient (Wildman–Crippen LogP) is 3.49. The second-order valence-electron chi connectivity index (χ2n) is 12.9. The third-order valence-electron chi connectivity index (χ3n) is 8.84. The fraction of sp³-hybridized carbons (Fsp3) is 0.429. The maximum absolute atomic E-state index is 13.5. The number of sulfonamides is 1. The standard InChI is InChI=1S/C35H45N5O7S/c1-20-19-38-32(42)27(17-24-11-8-7-9-12-24)26(20)18-29(41)39-28(33(43)44)13-10-16-37-34(36)40-48(45,46)31-22(3)21(2)30-25(23(31)4)14-15-35(5,6)47-30/h7-9,11-12,19,28H,10,13-18H2,1-6H3,(H,38,42)(H,39,41)(H,43,44)(H3,36,37,40)/t28-/m0/s1. The van der Waals surface area contributed by atoms with Crippen LogP contribution in [0.1, 0.15) is 77.6 Å². The van der Waals surface area contributed by atoms with Crippen molar-refractivity contribution in [1.82, 2.24) is 15.0 Å². The van der Waals surface area contributed by atoms with Crippen LogP contribution in [-0.4, -0.2) is 54.5 Å². The maximum atomic E-state index is 13.5. The van der Waals surface area contributed by atoms with E-state index in [1.807, 2.05) is 51.1 Å². The van der Waals surface area contributed by atoms with E-state index in [9.17, 15) is 27.9 Å². The van der Waals surface area contributed by atoms with Crippen LogP contribution in [0.3, 0.4) is 0 Å². The number of carboxylic acids is 1. The fourth-order valence-electron chi connectivity index (χ4n) is 6.09. The number of aromatic nitrogens is 1. The molecule has 12 nitrogen and oxygen atoms in total. The van der Waals surface area contributed by atoms with Gasteiger partial charge in [0.2, 0.25) is 11.9 Å². The van der Waals surface area contributed by atoms with Gasteiger partial charge in [-0.1, -0.05) is 30.3 Å². The van der Waals surface area contributed by atoms with Crippen molar-refractivity contribution in [2.24, 2.45) is 10.7 Å². The summed E-state index contributed by atoms with van der Waals surface area (Å²) < 4.78 is 35.5. The minimum absolute atomic E-state index is 0.0203. The number of fused-ring (bicyclic) bond motifs is 1. The summed E-state index contributed by atoms with van der Waals surface area (Å²) in [7, 11) is -4.09. The van der Waals surface area contributed by atoms with Crippen LogP contribution in [0.15, 0.2) is 51.2 Å². The van der Waals surface area contributed by atoms with Crippen LogP contribution >= 0.6 is 0 Å². The van der Waals surface area contributed by atoms with Crippen molar-refractivity contribution in [1.29, 1.82) is 0 Å². The van der Waals surface area contributed by atoms with E-state index >= 15 is 0 Å². The number of nitrogens with zero attached hydrogens (tertiary/aromatic N) is 1. The molecule has 0 saturated carbocycles. The number of benzene rings is 2. The van der Waals surface area contributed by atoms with E-state index in [-0.39, 0.29) is 47.8 Å². The van der Waals surface area contributed by atoms with Crippen LogP contribution < -0.4 is 26.1 Å². The Hall–Kier alpha value is -4.65. The molecule has 48 heavy (non-hydrogen) atoms. The van der Waals surface area contributed by atoms with E-state index in [1.54, 1.807) is 20.8 Å². The van der Waals surface area contributed by atoms with Gasteiger partial charge in [0.15, 0.2) is 0 Å². The molecule has 1 aliphatic heterocycles. The topological polar surface area (TPSA) is 193 Å². The molecule has 13 heteroatoms. The number of rotatable bonds is 12. The van der Waals surface area contributed by atoms with Gasteiger partial charge in [0, 0.05) is 24.7 Å². The van der Waals surface area contributed by atoms with Crippen molar-refractivity contribution in [2.75, 3.05) is 6.54 Å². The molecule has 0 radical (unpaired) electrons. The van der Waals surface area contributed by atoms with Gasteiger partial charge in [-0.25, -0.2) is 17.9 Å². The molecule has 2 aromatic carbocycles. The number of nitrogens with one attached hydrogen (secondary N) is 3. The first-order valence-electron chi connectivity index (χ1n) is 15.9. The number of amides is 1. The van der Waals surface area contributed by atoms with Gasteiger partial charge < -0.3 is 25.9 Å². The lowest BCUT2D eigenvalue weighted by atomic mass is 9.88. The van der Waals surface area contributed by atoms with Crippen LogP contribution in [0.5, 0.6) is 5.75 Å². The van der Waals surface area contributed by atoms with Crippen molar-refractivity contribution >= 4 is 27.9 Å². The Bertz CT molecular complexity index is 1900. The van der Waals surface area contributed by atoms with Crippen molar-refractivity contribution < 1.29 is 27.9 Å². The maximum Gasteiger partial charge on any atom is 0.326 e. The zero-order valence-corrected chi connectivity index (χ0v) is 29.1. The highest BCUT2D eigenvalue weighted by Crippen LogP contribution is 2.42. The molecule has 3 aromatic rings. The van der Waals surface area contributed by atoms with Crippen molar-refractivity contribution in [2.45, 2.75) is 96.6 Å². The Labute approximate surface area is 281 Å². The number of carboxylic acid groups (broad SMARTS) is 1. The molecule has 258 valence electrons. The van der Waals surface area contributed by atoms with E-state index in [2.05, 4.69) is 20.0 Å². The first-order valence-corrected chi connectivity index (χ1v) is 17.4. The van der Waals surface area contributed by atoms with Gasteiger partial charge in [-0.15, -0.1) is 0 Å². The molecule has 0 aliphatic carbocycles. The van der Waals surface area contributed by atoms with Gasteiger partial charge in [0.05, 0.1) is 11.3 Å². The molecule has 4 rings (SSSR count). The predicted molar refractivity (Wildman–Crippen MR) is 184 cm³/mol. The van der Waals surface area contributed by atoms with Gasteiger partial charge in [0.1, 0.15) is 17.4 Å². The van der Waals surface area contributed by atoms with E-state index in [1.165, 1.54) is 6.20 Å². The molecular weight excluding hydrogens is 634 g/mol. The van der Waals surface area contributed by atoms with Gasteiger partial charge in [-0.05, 0) is 106 Å². The summed E-state index contributed by atoms with van der Waals surface area (Å²) >= 11 is 0. The Morgan fingerprint density at radius 3 is 2.44 bits per heavy atom. The van der Waals surface area contributed by atoms with E-state index in [4.69, 9.17) is 10.5 Å². The average molecular weight is 680 g/mol. The van der Waals surface area contributed by atoms with Crippen LogP contribution in [0.4, 0.5) is 0 Å². The first-order chi connectivity index (χ1) is 22.5. The summed E-state index contributed by atoms with van der Waals surface area (Å²) in [4.78, 5) is 44.6. The number of nitrogens with two attached hydrogens (primary N) is 1. The number of guanidine groups is 1. The Morgan fingerprint density at radius 2 is 1.77 bits per heavy atom. The zero-order chi connectivity index (χ0) is 35.4. The van der Waals surface area contributed by atoms with E-state index in [0.29, 0.717) is 40.7 Å². The lowest BCUT2D eigenvalue weighted by molar-refractivity contribution is -0.141. The van der Waals surface area contributed by atoms with Crippen molar-refractivity contribution in [3.05, 3.63) is 91.4 Å². The summed E-state index contributed by atoms with van der Waals surface area (Å²) in [6.07, 6.45) is 3.35. The highest BCUT2D eigenvalue weighted by atomic mass is 32.2. The Balaban J connectivity index is 1.39. The number of aliphatic carboxylic acids is 1. The molecule has 0 unspecified atom stereocenters. The molecule has 1 aliphatic rings. The van der Waals surface area contributed by atoms with Crippen LogP contribution in [-0.2, 0) is 38.9 Å². The summed E-state index contributed by atoms with van der Waals surface area (Å²) in [6.45, 7) is 11.2. The number of pyridine rings is 1. The lowest BCUT2D eigenvalue weighted by Crippen LogP contribution is -2.42. The fourth-order valence-corrected chi connectivity index (χ4v) is 7.61. The van der Waals surface area contributed by atoms with E-state index in [0.717, 1.165) is 28.9 Å². The number of aliphatic imine (C=N–C) groups is 1. The largest absolute Gasteiger partial charge is 0.487 e. The molecule has 1 aromatic heterocycles. The second-order valence-corrected chi connectivity index (χ2v) is 14.6. The number of carbonyl (C=O) groups excluding carboxylic acids is 1. The molecule has 1 atom stereocenters. The third-order valence-corrected chi connectivity index (χ3v) is 10.5. The number of ether oxygens (including phenoxy) is 1. The second kappa shape index (κ2) is 14.6. The highest BCUT2D eigenvalue weighted by Gasteiger charge is 2.33. The molecule has 0 bridgehead atoms. The summed E-state index contributed by atoms with van der Waals surface area (Å²) in [6, 6.07) is 8.16. The summed E-state index contributed by atoms with van der Waals surface area (Å²) in [5.41, 5.74) is 10.7. The van der Waals surface area contributed by atoms with Crippen molar-refractivity contribution in [3.63, 3.8) is 0 Å². The zero-order valence-electron chi connectivity index (χ0n) is 28.3. The summed E-state index contributed by atoms with van der Waals surface area (Å²) in [5, 5.41) is 12.3. The third kappa shape index (κ3) is 8.43. The Morgan fingerprint density at radius 1 is 1.08 bits per heavy atom. The SMILES string of the molecule is Cc1c[nH]c(=O)c(Cc2ccccc2)c1CC(=O)N[C@@H](CCCN=C(N)NS(=O)(=O)c1c(C)c(C)c2c(c1C)CCC(C)(C)O2)C(=O)O. The van der Waals surface area contributed by atoms with Crippen LogP contribution in [0.2, 0.25) is 0 Å². The number of H-pyrrole nitrogens is 1. The molecule has 0 spiro atoms. The monoisotopic (exact) mass is 679 g/mol. The molecule has 6 N–H and O–H groups in total. The minimum atomic E-state index is -4.09. The quantitative estimate of drug-likeness (QED) is 0.109. The average Bonchev–Trinajstić information content (AvgIpc) is 3.00. The smallest absolute Gasteiger partial charge is 0.326 e. The van der Waals surface area contributed by atoms with E-state index < -0.39 is 27.9 Å². The van der Waals surface area contributed by atoms with Crippen molar-refractivity contribution in [3.8, 4) is 5.75 Å². The van der Waals surface area contributed by atoms with Gasteiger partial charge >= 0.3 is 5.97 Å². The van der Waals surface area contributed by atoms with Gasteiger partial charge in [-0.2, -0.15) is 0 Å². The number of hydrogen-bond donors (Lipinski definition) is 5. The number of aromatic amines is 1. The molecule has 0 saturated heterocycles.